The maximum absolute atomic E-state index is 12.9. The molecule has 0 radical (unpaired) electrons. The van der Waals surface area contributed by atoms with E-state index < -0.39 is 41.5 Å². The highest BCUT2D eigenvalue weighted by Gasteiger charge is 2.52. The predicted molar refractivity (Wildman–Crippen MR) is 81.4 cm³/mol. The molecule has 0 aromatic heterocycles. The topological polar surface area (TPSA) is 86.7 Å². The molecular weight excluding hydrogens is 341 g/mol. The number of aliphatic carboxylic acids is 1. The van der Waals surface area contributed by atoms with Gasteiger partial charge in [0.1, 0.15) is 12.1 Å². The summed E-state index contributed by atoms with van der Waals surface area (Å²) in [4.78, 5) is 37.0. The van der Waals surface area contributed by atoms with Crippen molar-refractivity contribution in [2.24, 2.45) is 17.3 Å². The number of fused-ring (bicyclic) bond motifs is 1. The molecule has 0 spiro atoms. The van der Waals surface area contributed by atoms with Crippen LogP contribution in [0.5, 0.6) is 0 Å². The molecule has 2 amide bonds. The van der Waals surface area contributed by atoms with Crippen LogP contribution in [0.1, 0.15) is 40.0 Å². The second kappa shape index (κ2) is 6.49. The third-order valence-corrected chi connectivity index (χ3v) is 5.07. The molecular formula is C16H23F3N2O4. The molecule has 1 saturated heterocycles. The van der Waals surface area contributed by atoms with Crippen LogP contribution in [0.2, 0.25) is 0 Å². The summed E-state index contributed by atoms with van der Waals surface area (Å²) >= 11 is 0. The van der Waals surface area contributed by atoms with Gasteiger partial charge in [-0.3, -0.25) is 9.59 Å². The molecule has 1 aliphatic heterocycles. The zero-order valence-corrected chi connectivity index (χ0v) is 14.4. The van der Waals surface area contributed by atoms with Gasteiger partial charge in [-0.25, -0.2) is 4.79 Å². The first-order chi connectivity index (χ1) is 11.3. The molecule has 0 aromatic rings. The number of likely N-dealkylation sites (tertiary alicyclic amines) is 1. The molecule has 2 aliphatic rings. The second-order valence-corrected chi connectivity index (χ2v) is 7.90. The van der Waals surface area contributed by atoms with E-state index >= 15 is 0 Å². The van der Waals surface area contributed by atoms with Gasteiger partial charge in [-0.05, 0) is 30.1 Å². The maximum Gasteiger partial charge on any atom is 0.471 e. The summed E-state index contributed by atoms with van der Waals surface area (Å²) in [7, 11) is 0. The van der Waals surface area contributed by atoms with E-state index in [4.69, 9.17) is 0 Å². The van der Waals surface area contributed by atoms with E-state index in [2.05, 4.69) is 0 Å². The fourth-order valence-corrected chi connectivity index (χ4v) is 3.88. The van der Waals surface area contributed by atoms with E-state index in [9.17, 15) is 32.7 Å². The molecule has 1 heterocycles. The number of nitrogens with zero attached hydrogens (tertiary/aromatic N) is 1. The number of rotatable bonds is 3. The number of carbonyl (C=O) groups excluding carboxylic acids is 2. The monoisotopic (exact) mass is 364 g/mol. The summed E-state index contributed by atoms with van der Waals surface area (Å²) in [5, 5.41) is 11.3. The van der Waals surface area contributed by atoms with Crippen molar-refractivity contribution < 1.29 is 32.7 Å². The first-order valence-electron chi connectivity index (χ1n) is 8.25. The molecule has 1 aliphatic carbocycles. The SMILES string of the molecule is CC(C)(C)C(NC(=O)C(F)(F)F)C(=O)N1C[C@@H]2CCC[C@@H]2[C@H]1C(=O)O. The number of carboxylic acids is 1. The molecule has 25 heavy (non-hydrogen) atoms. The highest BCUT2D eigenvalue weighted by Crippen LogP contribution is 2.43. The van der Waals surface area contributed by atoms with Gasteiger partial charge in [-0.1, -0.05) is 27.2 Å². The first kappa shape index (κ1) is 19.5. The van der Waals surface area contributed by atoms with Gasteiger partial charge < -0.3 is 15.3 Å². The fraction of sp³-hybridized carbons (Fsp3) is 0.812. The molecule has 142 valence electrons. The normalized spacial score (nSPS) is 27.8. The summed E-state index contributed by atoms with van der Waals surface area (Å²) in [6, 6.07) is -2.50. The highest BCUT2D eigenvalue weighted by molar-refractivity contribution is 5.93. The van der Waals surface area contributed by atoms with Crippen LogP contribution < -0.4 is 5.32 Å². The van der Waals surface area contributed by atoms with Crippen LogP contribution in [0.15, 0.2) is 0 Å². The van der Waals surface area contributed by atoms with Crippen molar-refractivity contribution in [3.05, 3.63) is 0 Å². The van der Waals surface area contributed by atoms with Crippen LogP contribution in [-0.4, -0.2) is 52.6 Å². The number of hydrogen-bond donors (Lipinski definition) is 2. The highest BCUT2D eigenvalue weighted by atomic mass is 19.4. The molecule has 4 atom stereocenters. The smallest absolute Gasteiger partial charge is 0.471 e. The van der Waals surface area contributed by atoms with Crippen molar-refractivity contribution in [3.63, 3.8) is 0 Å². The van der Waals surface area contributed by atoms with Gasteiger partial charge in [0.15, 0.2) is 0 Å². The Balaban J connectivity index is 2.27. The lowest BCUT2D eigenvalue weighted by molar-refractivity contribution is -0.176. The van der Waals surface area contributed by atoms with Gasteiger partial charge in [-0.15, -0.1) is 0 Å². The van der Waals surface area contributed by atoms with Gasteiger partial charge >= 0.3 is 18.1 Å². The lowest BCUT2D eigenvalue weighted by Gasteiger charge is -2.35. The van der Waals surface area contributed by atoms with Gasteiger partial charge in [0, 0.05) is 6.54 Å². The van der Waals surface area contributed by atoms with E-state index in [0.29, 0.717) is 6.42 Å². The maximum atomic E-state index is 12.9. The number of hydrogen-bond acceptors (Lipinski definition) is 3. The summed E-state index contributed by atoms with van der Waals surface area (Å²) in [5.41, 5.74) is -1.00. The molecule has 9 heteroatoms. The van der Waals surface area contributed by atoms with Crippen molar-refractivity contribution in [1.29, 1.82) is 0 Å². The quantitative estimate of drug-likeness (QED) is 0.799. The minimum atomic E-state index is -5.11. The largest absolute Gasteiger partial charge is 0.480 e. The molecule has 2 fully saturated rings. The van der Waals surface area contributed by atoms with E-state index in [-0.39, 0.29) is 18.4 Å². The molecule has 0 aromatic carbocycles. The average molecular weight is 364 g/mol. The van der Waals surface area contributed by atoms with Crippen LogP contribution in [-0.2, 0) is 14.4 Å². The fourth-order valence-electron chi connectivity index (χ4n) is 3.88. The number of halogens is 3. The zero-order valence-electron chi connectivity index (χ0n) is 14.4. The van der Waals surface area contributed by atoms with Gasteiger partial charge in [0.25, 0.3) is 0 Å². The predicted octanol–water partition coefficient (Wildman–Crippen LogP) is 1.79. The number of carbonyl (C=O) groups is 3. The van der Waals surface area contributed by atoms with Crippen LogP contribution in [0, 0.1) is 17.3 Å². The lowest BCUT2D eigenvalue weighted by Crippen LogP contribution is -2.59. The van der Waals surface area contributed by atoms with Crippen molar-refractivity contribution in [2.75, 3.05) is 6.54 Å². The van der Waals surface area contributed by atoms with Crippen LogP contribution in [0.4, 0.5) is 13.2 Å². The molecule has 1 saturated carbocycles. The van der Waals surface area contributed by atoms with Gasteiger partial charge in [0.05, 0.1) is 0 Å². The van der Waals surface area contributed by atoms with E-state index in [1.165, 1.54) is 20.8 Å². The van der Waals surface area contributed by atoms with E-state index in [0.717, 1.165) is 17.7 Å². The summed E-state index contributed by atoms with van der Waals surface area (Å²) in [6.07, 6.45) is -2.75. The summed E-state index contributed by atoms with van der Waals surface area (Å²) in [5.74, 6) is -4.26. The van der Waals surface area contributed by atoms with Crippen molar-refractivity contribution in [3.8, 4) is 0 Å². The average Bonchev–Trinajstić information content (AvgIpc) is 3.00. The molecule has 6 nitrogen and oxygen atoms in total. The molecule has 2 rings (SSSR count). The van der Waals surface area contributed by atoms with Crippen LogP contribution >= 0.6 is 0 Å². The Morgan fingerprint density at radius 1 is 1.16 bits per heavy atom. The standard InChI is InChI=1S/C16H23F3N2O4/c1-15(2,3)11(20-14(25)16(17,18)19)12(22)21-7-8-5-4-6-9(8)10(21)13(23)24/h8-11H,4-7H2,1-3H3,(H,20,25)(H,23,24)/t8-,9-,10-,11?/m0/s1. The number of nitrogens with one attached hydrogen (secondary N) is 1. The van der Waals surface area contributed by atoms with Gasteiger partial charge in [-0.2, -0.15) is 13.2 Å². The van der Waals surface area contributed by atoms with Gasteiger partial charge in [0.2, 0.25) is 5.91 Å². The van der Waals surface area contributed by atoms with Crippen molar-refractivity contribution >= 4 is 17.8 Å². The molecule has 1 unspecified atom stereocenters. The van der Waals surface area contributed by atoms with Crippen molar-refractivity contribution in [2.45, 2.75) is 58.3 Å². The summed E-state index contributed by atoms with van der Waals surface area (Å²) < 4.78 is 37.8. The molecule has 2 N–H and O–H groups in total. The Morgan fingerprint density at radius 3 is 2.24 bits per heavy atom. The molecule has 0 bridgehead atoms. The van der Waals surface area contributed by atoms with E-state index in [1.54, 1.807) is 5.32 Å². The van der Waals surface area contributed by atoms with Crippen molar-refractivity contribution in [1.82, 2.24) is 10.2 Å². The lowest BCUT2D eigenvalue weighted by atomic mass is 9.85. The Bertz CT molecular complexity index is 571. The van der Waals surface area contributed by atoms with E-state index in [1.807, 2.05) is 0 Å². The minimum absolute atomic E-state index is 0.0454. The number of carboxylic acid groups (broad SMARTS) is 1. The summed E-state index contributed by atoms with van der Waals surface area (Å²) in [6.45, 7) is 4.78. The third kappa shape index (κ3) is 3.90. The second-order valence-electron chi connectivity index (χ2n) is 7.90. The van der Waals surface area contributed by atoms with Crippen LogP contribution in [0.3, 0.4) is 0 Å². The Hall–Kier alpha value is -1.80. The zero-order chi connectivity index (χ0) is 19.2. The number of amides is 2. The van der Waals surface area contributed by atoms with Crippen LogP contribution in [0.25, 0.3) is 0 Å². The third-order valence-electron chi connectivity index (χ3n) is 5.07. The number of alkyl halides is 3. The Morgan fingerprint density at radius 2 is 1.76 bits per heavy atom. The Labute approximate surface area is 143 Å². The minimum Gasteiger partial charge on any atom is -0.480 e. The first-order valence-corrected chi connectivity index (χ1v) is 8.25. The Kier molecular flexibility index (Phi) is 5.07.